The molecule has 0 saturated heterocycles. The fourth-order valence-corrected chi connectivity index (χ4v) is 1.62. The van der Waals surface area contributed by atoms with Crippen molar-refractivity contribution in [2.75, 3.05) is 13.1 Å². The Kier molecular flexibility index (Phi) is 5.76. The van der Waals surface area contributed by atoms with Gasteiger partial charge < -0.3 is 11.1 Å². The number of aryl methyl sites for hydroxylation is 1. The molecule has 1 amide bonds. The van der Waals surface area contributed by atoms with Crippen molar-refractivity contribution >= 4 is 5.91 Å². The Labute approximate surface area is 101 Å². The Bertz CT molecular complexity index is 409. The molecule has 4 nitrogen and oxygen atoms in total. The molecule has 0 aliphatic rings. The van der Waals surface area contributed by atoms with Gasteiger partial charge in [0.2, 0.25) is 5.91 Å². The molecule has 0 saturated carbocycles. The number of carbonyl (C=O) groups excluding carboxylic acids is 1. The third kappa shape index (κ3) is 5.69. The van der Waals surface area contributed by atoms with Gasteiger partial charge in [-0.2, -0.15) is 5.26 Å². The van der Waals surface area contributed by atoms with E-state index in [9.17, 15) is 4.79 Å². The highest BCUT2D eigenvalue weighted by Crippen LogP contribution is 2.07. The second-order valence-electron chi connectivity index (χ2n) is 3.90. The summed E-state index contributed by atoms with van der Waals surface area (Å²) in [6.07, 6.45) is 2.34. The Morgan fingerprint density at radius 1 is 1.41 bits per heavy atom. The van der Waals surface area contributed by atoms with Gasteiger partial charge >= 0.3 is 0 Å². The fourth-order valence-electron chi connectivity index (χ4n) is 1.62. The Balaban J connectivity index is 2.29. The lowest BCUT2D eigenvalue weighted by Gasteiger charge is -2.04. The Hall–Kier alpha value is -1.86. The van der Waals surface area contributed by atoms with E-state index in [0.717, 1.165) is 24.9 Å². The van der Waals surface area contributed by atoms with E-state index < -0.39 is 0 Å². The molecule has 1 aromatic carbocycles. The Morgan fingerprint density at radius 3 is 2.88 bits per heavy atom. The number of amides is 1. The zero-order chi connectivity index (χ0) is 12.5. The van der Waals surface area contributed by atoms with E-state index in [1.807, 2.05) is 12.1 Å². The van der Waals surface area contributed by atoms with E-state index in [1.54, 1.807) is 0 Å². The van der Waals surface area contributed by atoms with Gasteiger partial charge in [0.05, 0.1) is 19.0 Å². The molecule has 0 aliphatic heterocycles. The first kappa shape index (κ1) is 13.2. The third-order valence-electron chi connectivity index (χ3n) is 2.39. The number of rotatable bonds is 7. The number of nitrogens with zero attached hydrogens (tertiary/aromatic N) is 1. The topological polar surface area (TPSA) is 78.9 Å². The van der Waals surface area contributed by atoms with E-state index in [0.29, 0.717) is 6.42 Å². The summed E-state index contributed by atoms with van der Waals surface area (Å²) < 4.78 is 0. The summed E-state index contributed by atoms with van der Waals surface area (Å²) in [4.78, 5) is 10.5. The lowest BCUT2D eigenvalue weighted by molar-refractivity contribution is -0.117. The summed E-state index contributed by atoms with van der Waals surface area (Å²) in [6.45, 7) is 1.000. The number of hydrogen-bond donors (Lipinski definition) is 2. The molecular weight excluding hydrogens is 214 g/mol. The van der Waals surface area contributed by atoms with Gasteiger partial charge in [-0.05, 0) is 30.5 Å². The summed E-state index contributed by atoms with van der Waals surface area (Å²) in [6, 6.07) is 10.2. The van der Waals surface area contributed by atoms with Gasteiger partial charge in [-0.1, -0.05) is 24.3 Å². The fraction of sp³-hybridized carbons (Fsp3) is 0.385. The highest BCUT2D eigenvalue weighted by atomic mass is 16.1. The van der Waals surface area contributed by atoms with Crippen molar-refractivity contribution in [2.24, 2.45) is 5.73 Å². The zero-order valence-electron chi connectivity index (χ0n) is 9.78. The van der Waals surface area contributed by atoms with Gasteiger partial charge in [-0.15, -0.1) is 0 Å². The number of benzene rings is 1. The van der Waals surface area contributed by atoms with Crippen molar-refractivity contribution in [3.63, 3.8) is 0 Å². The number of nitriles is 1. The van der Waals surface area contributed by atoms with E-state index in [4.69, 9.17) is 11.0 Å². The smallest absolute Gasteiger partial charge is 0.231 e. The quantitative estimate of drug-likeness (QED) is 0.680. The van der Waals surface area contributed by atoms with Crippen LogP contribution in [0.5, 0.6) is 0 Å². The normalized spacial score (nSPS) is 9.82. The van der Waals surface area contributed by atoms with E-state index in [1.165, 1.54) is 5.56 Å². The minimum Gasteiger partial charge on any atom is -0.369 e. The first-order valence-electron chi connectivity index (χ1n) is 5.66. The molecule has 0 fully saturated rings. The lowest BCUT2D eigenvalue weighted by Crippen LogP contribution is -2.29. The van der Waals surface area contributed by atoms with Gasteiger partial charge in [0.1, 0.15) is 0 Å². The van der Waals surface area contributed by atoms with Crippen molar-refractivity contribution in [1.82, 2.24) is 5.32 Å². The van der Waals surface area contributed by atoms with Crippen LogP contribution in [0.3, 0.4) is 0 Å². The van der Waals surface area contributed by atoms with Crippen LogP contribution in [0.2, 0.25) is 0 Å². The SMILES string of the molecule is N#CCc1cccc(CCCNCC(N)=O)c1. The van der Waals surface area contributed by atoms with Crippen LogP contribution in [0.1, 0.15) is 17.5 Å². The number of carbonyl (C=O) groups is 1. The maximum Gasteiger partial charge on any atom is 0.231 e. The van der Waals surface area contributed by atoms with Crippen molar-refractivity contribution in [3.8, 4) is 6.07 Å². The van der Waals surface area contributed by atoms with Crippen LogP contribution >= 0.6 is 0 Å². The molecule has 17 heavy (non-hydrogen) atoms. The second-order valence-corrected chi connectivity index (χ2v) is 3.90. The standard InChI is InChI=1S/C13H17N3O/c14-7-6-12-4-1-3-11(9-12)5-2-8-16-10-13(15)17/h1,3-4,9,16H,2,5-6,8,10H2,(H2,15,17). The molecule has 1 rings (SSSR count). The number of hydrogen-bond acceptors (Lipinski definition) is 3. The van der Waals surface area contributed by atoms with Crippen molar-refractivity contribution in [2.45, 2.75) is 19.3 Å². The molecule has 0 radical (unpaired) electrons. The molecule has 3 N–H and O–H groups in total. The molecule has 1 aromatic rings. The molecule has 0 spiro atoms. The first-order valence-corrected chi connectivity index (χ1v) is 5.66. The maximum atomic E-state index is 10.5. The first-order chi connectivity index (χ1) is 8.22. The summed E-state index contributed by atoms with van der Waals surface area (Å²) in [5.41, 5.74) is 7.28. The lowest BCUT2D eigenvalue weighted by atomic mass is 10.1. The molecule has 90 valence electrons. The monoisotopic (exact) mass is 231 g/mol. The number of nitrogens with two attached hydrogens (primary N) is 1. The van der Waals surface area contributed by atoms with Crippen LogP contribution in [0.4, 0.5) is 0 Å². The van der Waals surface area contributed by atoms with Crippen LogP contribution in [-0.2, 0) is 17.6 Å². The molecule has 0 heterocycles. The molecule has 0 bridgehead atoms. The van der Waals surface area contributed by atoms with Gasteiger partial charge in [0, 0.05) is 0 Å². The molecule has 0 aromatic heterocycles. The molecule has 0 unspecified atom stereocenters. The third-order valence-corrected chi connectivity index (χ3v) is 2.39. The molecule has 0 atom stereocenters. The average molecular weight is 231 g/mol. The van der Waals surface area contributed by atoms with E-state index >= 15 is 0 Å². The van der Waals surface area contributed by atoms with Crippen molar-refractivity contribution in [3.05, 3.63) is 35.4 Å². The summed E-state index contributed by atoms with van der Waals surface area (Å²) >= 11 is 0. The highest BCUT2D eigenvalue weighted by molar-refractivity contribution is 5.75. The van der Waals surface area contributed by atoms with Crippen LogP contribution in [0.25, 0.3) is 0 Å². The van der Waals surface area contributed by atoms with Crippen LogP contribution < -0.4 is 11.1 Å². The Morgan fingerprint density at radius 2 is 2.18 bits per heavy atom. The average Bonchev–Trinajstić information content (AvgIpc) is 2.29. The van der Waals surface area contributed by atoms with Crippen molar-refractivity contribution < 1.29 is 4.79 Å². The minimum atomic E-state index is -0.332. The van der Waals surface area contributed by atoms with Gasteiger partial charge in [0.25, 0.3) is 0 Å². The van der Waals surface area contributed by atoms with Crippen molar-refractivity contribution in [1.29, 1.82) is 5.26 Å². The van der Waals surface area contributed by atoms with Gasteiger partial charge in [0.15, 0.2) is 0 Å². The maximum absolute atomic E-state index is 10.5. The molecular formula is C13H17N3O. The van der Waals surface area contributed by atoms with Gasteiger partial charge in [-0.3, -0.25) is 4.79 Å². The van der Waals surface area contributed by atoms with Crippen LogP contribution in [-0.4, -0.2) is 19.0 Å². The molecule has 0 aliphatic carbocycles. The summed E-state index contributed by atoms with van der Waals surface area (Å²) in [7, 11) is 0. The van der Waals surface area contributed by atoms with E-state index in [-0.39, 0.29) is 12.5 Å². The summed E-state index contributed by atoms with van der Waals surface area (Å²) in [5.74, 6) is -0.332. The van der Waals surface area contributed by atoms with E-state index in [2.05, 4.69) is 23.5 Å². The predicted molar refractivity (Wildman–Crippen MR) is 66.1 cm³/mol. The minimum absolute atomic E-state index is 0.231. The molecule has 4 heteroatoms. The number of primary amides is 1. The summed E-state index contributed by atoms with van der Waals surface area (Å²) in [5, 5.41) is 11.6. The predicted octanol–water partition coefficient (Wildman–Crippen LogP) is 0.760. The second kappa shape index (κ2) is 7.42. The highest BCUT2D eigenvalue weighted by Gasteiger charge is 1.97. The van der Waals surface area contributed by atoms with Crippen LogP contribution in [0, 0.1) is 11.3 Å². The number of nitrogens with one attached hydrogen (secondary N) is 1. The van der Waals surface area contributed by atoms with Gasteiger partial charge in [-0.25, -0.2) is 0 Å². The largest absolute Gasteiger partial charge is 0.369 e. The van der Waals surface area contributed by atoms with Crippen LogP contribution in [0.15, 0.2) is 24.3 Å². The zero-order valence-corrected chi connectivity index (χ0v) is 9.78.